The lowest BCUT2D eigenvalue weighted by Gasteiger charge is -2.21. The van der Waals surface area contributed by atoms with Gasteiger partial charge in [0.2, 0.25) is 0 Å². The van der Waals surface area contributed by atoms with Crippen molar-refractivity contribution < 1.29 is 9.90 Å². The van der Waals surface area contributed by atoms with Crippen molar-refractivity contribution in [3.63, 3.8) is 0 Å². The molecule has 1 aromatic carbocycles. The second-order valence-corrected chi connectivity index (χ2v) is 5.51. The normalized spacial score (nSPS) is 12.6. The van der Waals surface area contributed by atoms with Crippen LogP contribution >= 0.6 is 11.6 Å². The predicted molar refractivity (Wildman–Crippen MR) is 81.9 cm³/mol. The number of halogens is 1. The minimum absolute atomic E-state index is 0.516. The smallest absolute Gasteiger partial charge is 0.320 e. The Morgan fingerprint density at radius 1 is 1.43 bits per heavy atom. The summed E-state index contributed by atoms with van der Waals surface area (Å²) < 4.78 is 1.73. The topological polar surface area (TPSA) is 58.4 Å². The SMILES string of the molecule is Cc1nn(-c2ccc(CN(C)C(C)C(=O)O)cc2)cc1Cl. The van der Waals surface area contributed by atoms with E-state index in [1.54, 1.807) is 29.7 Å². The first-order valence-electron chi connectivity index (χ1n) is 6.62. The maximum Gasteiger partial charge on any atom is 0.320 e. The molecular weight excluding hydrogens is 290 g/mol. The molecule has 0 aliphatic rings. The van der Waals surface area contributed by atoms with Gasteiger partial charge in [-0.2, -0.15) is 5.10 Å². The molecule has 0 spiro atoms. The first-order valence-corrected chi connectivity index (χ1v) is 7.00. The summed E-state index contributed by atoms with van der Waals surface area (Å²) in [6, 6.07) is 7.29. The number of rotatable bonds is 5. The van der Waals surface area contributed by atoms with Crippen molar-refractivity contribution in [3.05, 3.63) is 46.7 Å². The van der Waals surface area contributed by atoms with Crippen LogP contribution in [0.25, 0.3) is 5.69 Å². The van der Waals surface area contributed by atoms with Crippen LogP contribution in [0.2, 0.25) is 5.02 Å². The van der Waals surface area contributed by atoms with Crippen LogP contribution in [0.15, 0.2) is 30.5 Å². The molecule has 1 heterocycles. The monoisotopic (exact) mass is 307 g/mol. The summed E-state index contributed by atoms with van der Waals surface area (Å²) in [5, 5.41) is 13.9. The quantitative estimate of drug-likeness (QED) is 0.923. The van der Waals surface area contributed by atoms with Crippen molar-refractivity contribution in [1.29, 1.82) is 0 Å². The summed E-state index contributed by atoms with van der Waals surface area (Å²) in [5.41, 5.74) is 2.75. The Morgan fingerprint density at radius 2 is 2.05 bits per heavy atom. The van der Waals surface area contributed by atoms with Crippen LogP contribution in [0.4, 0.5) is 0 Å². The molecule has 0 radical (unpaired) electrons. The number of carboxylic acid groups (broad SMARTS) is 1. The van der Waals surface area contributed by atoms with Gasteiger partial charge in [-0.25, -0.2) is 4.68 Å². The number of aromatic nitrogens is 2. The van der Waals surface area contributed by atoms with Crippen LogP contribution in [0.1, 0.15) is 18.2 Å². The minimum atomic E-state index is -0.823. The lowest BCUT2D eigenvalue weighted by Crippen LogP contribution is -2.35. The third-order valence-electron chi connectivity index (χ3n) is 3.49. The van der Waals surface area contributed by atoms with Gasteiger partial charge in [0.25, 0.3) is 0 Å². The molecule has 6 heteroatoms. The van der Waals surface area contributed by atoms with E-state index in [1.807, 2.05) is 31.2 Å². The summed E-state index contributed by atoms with van der Waals surface area (Å²) in [7, 11) is 1.79. The van der Waals surface area contributed by atoms with Crippen molar-refractivity contribution in [2.24, 2.45) is 0 Å². The largest absolute Gasteiger partial charge is 0.480 e. The average Bonchev–Trinajstić information content (AvgIpc) is 2.78. The first kappa shape index (κ1) is 15.5. The average molecular weight is 308 g/mol. The van der Waals surface area contributed by atoms with Crippen molar-refractivity contribution in [3.8, 4) is 5.69 Å². The number of hydrogen-bond donors (Lipinski definition) is 1. The summed E-state index contributed by atoms with van der Waals surface area (Å²) >= 11 is 6.00. The number of aliphatic carboxylic acids is 1. The maximum absolute atomic E-state index is 10.9. The highest BCUT2D eigenvalue weighted by atomic mass is 35.5. The Balaban J connectivity index is 2.10. The number of aryl methyl sites for hydroxylation is 1. The molecule has 1 unspecified atom stereocenters. The molecule has 0 fully saturated rings. The van der Waals surface area contributed by atoms with Gasteiger partial charge in [-0.05, 0) is 38.6 Å². The fourth-order valence-electron chi connectivity index (χ4n) is 1.94. The highest BCUT2D eigenvalue weighted by molar-refractivity contribution is 6.31. The van der Waals surface area contributed by atoms with E-state index in [0.717, 1.165) is 16.9 Å². The Hall–Kier alpha value is -1.85. The first-order chi connectivity index (χ1) is 9.88. The summed E-state index contributed by atoms with van der Waals surface area (Å²) in [6.07, 6.45) is 1.77. The lowest BCUT2D eigenvalue weighted by atomic mass is 10.2. The van der Waals surface area contributed by atoms with E-state index in [4.69, 9.17) is 16.7 Å². The number of carboxylic acids is 1. The third kappa shape index (κ3) is 3.62. The molecule has 2 rings (SSSR count). The van der Waals surface area contributed by atoms with E-state index in [2.05, 4.69) is 5.10 Å². The van der Waals surface area contributed by atoms with Gasteiger partial charge in [0, 0.05) is 12.7 Å². The van der Waals surface area contributed by atoms with Crippen LogP contribution in [0.5, 0.6) is 0 Å². The fourth-order valence-corrected chi connectivity index (χ4v) is 2.07. The van der Waals surface area contributed by atoms with Gasteiger partial charge in [-0.15, -0.1) is 0 Å². The van der Waals surface area contributed by atoms with E-state index in [9.17, 15) is 4.79 Å². The molecule has 21 heavy (non-hydrogen) atoms. The van der Waals surface area contributed by atoms with Gasteiger partial charge < -0.3 is 5.11 Å². The zero-order valence-corrected chi connectivity index (χ0v) is 13.0. The molecule has 0 amide bonds. The van der Waals surface area contributed by atoms with Crippen LogP contribution < -0.4 is 0 Å². The Bertz CT molecular complexity index is 617. The second-order valence-electron chi connectivity index (χ2n) is 5.10. The highest BCUT2D eigenvalue weighted by Gasteiger charge is 2.16. The zero-order chi connectivity index (χ0) is 15.6. The minimum Gasteiger partial charge on any atom is -0.480 e. The molecule has 0 aliphatic heterocycles. The number of carbonyl (C=O) groups is 1. The van der Waals surface area contributed by atoms with Crippen LogP contribution in [-0.2, 0) is 11.3 Å². The van der Waals surface area contributed by atoms with Crippen molar-refractivity contribution in [2.45, 2.75) is 26.4 Å². The highest BCUT2D eigenvalue weighted by Crippen LogP contribution is 2.17. The van der Waals surface area contributed by atoms with Gasteiger partial charge in [-0.3, -0.25) is 9.69 Å². The molecule has 5 nitrogen and oxygen atoms in total. The van der Waals surface area contributed by atoms with Crippen molar-refractivity contribution >= 4 is 17.6 Å². The molecular formula is C15H18ClN3O2. The number of benzene rings is 1. The van der Waals surface area contributed by atoms with Crippen LogP contribution in [0, 0.1) is 6.92 Å². The Labute approximate surface area is 128 Å². The molecule has 0 saturated carbocycles. The predicted octanol–water partition coefficient (Wildman–Crippen LogP) is 2.74. The standard InChI is InChI=1S/C15H18ClN3O2/c1-10-14(16)9-19(17-10)13-6-4-12(5-7-13)8-18(3)11(2)15(20)21/h4-7,9,11H,8H2,1-3H3,(H,20,21). The lowest BCUT2D eigenvalue weighted by molar-refractivity contribution is -0.142. The third-order valence-corrected chi connectivity index (χ3v) is 3.86. The summed E-state index contributed by atoms with van der Waals surface area (Å²) in [5.74, 6) is -0.823. The van der Waals surface area contributed by atoms with Crippen LogP contribution in [-0.4, -0.2) is 38.8 Å². The van der Waals surface area contributed by atoms with Crippen molar-refractivity contribution in [2.75, 3.05) is 7.05 Å². The summed E-state index contributed by atoms with van der Waals surface area (Å²) in [4.78, 5) is 12.7. The molecule has 1 N–H and O–H groups in total. The number of likely N-dealkylation sites (N-methyl/N-ethyl adjacent to an activating group) is 1. The van der Waals surface area contributed by atoms with Crippen LogP contribution in [0.3, 0.4) is 0 Å². The fraction of sp³-hybridized carbons (Fsp3) is 0.333. The number of hydrogen-bond acceptors (Lipinski definition) is 3. The van der Waals surface area contributed by atoms with Gasteiger partial charge in [-0.1, -0.05) is 23.7 Å². The van der Waals surface area contributed by atoms with Gasteiger partial charge >= 0.3 is 5.97 Å². The van der Waals surface area contributed by atoms with E-state index in [1.165, 1.54) is 0 Å². The molecule has 0 aliphatic carbocycles. The molecule has 0 bridgehead atoms. The zero-order valence-electron chi connectivity index (χ0n) is 12.2. The van der Waals surface area contributed by atoms with E-state index < -0.39 is 12.0 Å². The van der Waals surface area contributed by atoms with Crippen molar-refractivity contribution in [1.82, 2.24) is 14.7 Å². The van der Waals surface area contributed by atoms with Gasteiger partial charge in [0.1, 0.15) is 6.04 Å². The van der Waals surface area contributed by atoms with E-state index >= 15 is 0 Å². The van der Waals surface area contributed by atoms with E-state index in [-0.39, 0.29) is 0 Å². The summed E-state index contributed by atoms with van der Waals surface area (Å²) in [6.45, 7) is 4.10. The second kappa shape index (κ2) is 6.28. The molecule has 112 valence electrons. The van der Waals surface area contributed by atoms with E-state index in [0.29, 0.717) is 11.6 Å². The molecule has 1 aromatic heterocycles. The van der Waals surface area contributed by atoms with Gasteiger partial charge in [0.15, 0.2) is 0 Å². The number of nitrogens with zero attached hydrogens (tertiary/aromatic N) is 3. The maximum atomic E-state index is 10.9. The molecule has 2 aromatic rings. The molecule has 0 saturated heterocycles. The molecule has 1 atom stereocenters. The Kier molecular flexibility index (Phi) is 4.65. The Morgan fingerprint density at radius 3 is 2.52 bits per heavy atom. The van der Waals surface area contributed by atoms with Gasteiger partial charge in [0.05, 0.1) is 16.4 Å².